The van der Waals surface area contributed by atoms with Gasteiger partial charge in [-0.15, -0.1) is 0 Å². The third-order valence-corrected chi connectivity index (χ3v) is 3.55. The average molecular weight is 312 g/mol. The van der Waals surface area contributed by atoms with Gasteiger partial charge in [-0.05, 0) is 43.3 Å². The van der Waals surface area contributed by atoms with Crippen molar-refractivity contribution < 1.29 is 9.84 Å². The van der Waals surface area contributed by atoms with Gasteiger partial charge in [0.15, 0.2) is 0 Å². The van der Waals surface area contributed by atoms with Crippen LogP contribution in [0.5, 0.6) is 11.5 Å². The van der Waals surface area contributed by atoms with Crippen LogP contribution < -0.4 is 10.1 Å². The molecule has 2 rings (SSSR count). The number of ether oxygens (including phenoxy) is 1. The fraction of sp³-hybridized carbons (Fsp3) is 0.200. The van der Waals surface area contributed by atoms with Crippen LogP contribution in [0.4, 0.5) is 5.69 Å². The predicted octanol–water partition coefficient (Wildman–Crippen LogP) is 4.88. The van der Waals surface area contributed by atoms with Crippen molar-refractivity contribution in [3.05, 3.63) is 52.0 Å². The van der Waals surface area contributed by atoms with E-state index < -0.39 is 0 Å². The summed E-state index contributed by atoms with van der Waals surface area (Å²) in [7, 11) is 1.59. The van der Waals surface area contributed by atoms with Gasteiger partial charge >= 0.3 is 0 Å². The standard InChI is InChI=1S/C15H15Cl2NO2/c1-9(12-8-11(20-2)4-6-15(12)19)18-14-5-3-10(16)7-13(14)17/h3-9,18-19H,1-2H3. The Kier molecular flexibility index (Phi) is 4.63. The third kappa shape index (κ3) is 3.30. The van der Waals surface area contributed by atoms with E-state index >= 15 is 0 Å². The second kappa shape index (κ2) is 6.25. The second-order valence-electron chi connectivity index (χ2n) is 4.41. The molecule has 0 saturated heterocycles. The van der Waals surface area contributed by atoms with Gasteiger partial charge in [-0.3, -0.25) is 0 Å². The van der Waals surface area contributed by atoms with Crippen molar-refractivity contribution >= 4 is 28.9 Å². The highest BCUT2D eigenvalue weighted by atomic mass is 35.5. The molecule has 5 heteroatoms. The summed E-state index contributed by atoms with van der Waals surface area (Å²) in [6, 6.07) is 10.2. The highest BCUT2D eigenvalue weighted by Crippen LogP contribution is 2.33. The first-order valence-electron chi connectivity index (χ1n) is 6.09. The number of halogens is 2. The largest absolute Gasteiger partial charge is 0.508 e. The number of phenols is 1. The van der Waals surface area contributed by atoms with Crippen molar-refractivity contribution in [3.63, 3.8) is 0 Å². The lowest BCUT2D eigenvalue weighted by molar-refractivity contribution is 0.410. The van der Waals surface area contributed by atoms with Crippen LogP contribution in [0.2, 0.25) is 10.0 Å². The van der Waals surface area contributed by atoms with Gasteiger partial charge < -0.3 is 15.2 Å². The van der Waals surface area contributed by atoms with E-state index in [0.29, 0.717) is 15.8 Å². The Morgan fingerprint density at radius 3 is 2.55 bits per heavy atom. The quantitative estimate of drug-likeness (QED) is 0.845. The Morgan fingerprint density at radius 1 is 1.15 bits per heavy atom. The topological polar surface area (TPSA) is 41.5 Å². The Labute approximate surface area is 128 Å². The molecule has 0 aliphatic rings. The van der Waals surface area contributed by atoms with Crippen LogP contribution in [-0.2, 0) is 0 Å². The molecule has 0 saturated carbocycles. The van der Waals surface area contributed by atoms with Crippen LogP contribution in [0.3, 0.4) is 0 Å². The summed E-state index contributed by atoms with van der Waals surface area (Å²) < 4.78 is 5.17. The number of aromatic hydroxyl groups is 1. The maximum atomic E-state index is 9.94. The molecule has 0 radical (unpaired) electrons. The van der Waals surface area contributed by atoms with E-state index in [1.807, 2.05) is 6.92 Å². The summed E-state index contributed by atoms with van der Waals surface area (Å²) in [5, 5.41) is 14.3. The molecule has 0 bridgehead atoms. The van der Waals surface area contributed by atoms with Gasteiger partial charge in [0.1, 0.15) is 11.5 Å². The molecule has 20 heavy (non-hydrogen) atoms. The van der Waals surface area contributed by atoms with E-state index in [1.165, 1.54) is 0 Å². The number of rotatable bonds is 4. The lowest BCUT2D eigenvalue weighted by atomic mass is 10.1. The molecule has 0 heterocycles. The summed E-state index contributed by atoms with van der Waals surface area (Å²) in [6.45, 7) is 1.93. The fourth-order valence-corrected chi connectivity index (χ4v) is 2.39. The second-order valence-corrected chi connectivity index (χ2v) is 5.26. The van der Waals surface area contributed by atoms with Gasteiger partial charge in [-0.2, -0.15) is 0 Å². The number of anilines is 1. The minimum atomic E-state index is -0.135. The van der Waals surface area contributed by atoms with Crippen molar-refractivity contribution in [3.8, 4) is 11.5 Å². The van der Waals surface area contributed by atoms with Gasteiger partial charge in [0.25, 0.3) is 0 Å². The van der Waals surface area contributed by atoms with E-state index in [-0.39, 0.29) is 11.8 Å². The van der Waals surface area contributed by atoms with Crippen LogP contribution in [-0.4, -0.2) is 12.2 Å². The van der Waals surface area contributed by atoms with E-state index in [0.717, 1.165) is 11.3 Å². The molecule has 1 atom stereocenters. The van der Waals surface area contributed by atoms with Crippen LogP contribution in [0.25, 0.3) is 0 Å². The average Bonchev–Trinajstić information content (AvgIpc) is 2.42. The minimum Gasteiger partial charge on any atom is -0.508 e. The molecule has 0 spiro atoms. The summed E-state index contributed by atoms with van der Waals surface area (Å²) in [4.78, 5) is 0. The van der Waals surface area contributed by atoms with Crippen molar-refractivity contribution in [2.75, 3.05) is 12.4 Å². The molecule has 0 aromatic heterocycles. The minimum absolute atomic E-state index is 0.135. The summed E-state index contributed by atoms with van der Waals surface area (Å²) >= 11 is 12.0. The molecule has 0 aliphatic carbocycles. The zero-order valence-electron chi connectivity index (χ0n) is 11.2. The van der Waals surface area contributed by atoms with Crippen LogP contribution in [0.15, 0.2) is 36.4 Å². The number of methoxy groups -OCH3 is 1. The summed E-state index contributed by atoms with van der Waals surface area (Å²) in [6.07, 6.45) is 0. The van der Waals surface area contributed by atoms with E-state index in [2.05, 4.69) is 5.32 Å². The lowest BCUT2D eigenvalue weighted by Crippen LogP contribution is -2.07. The molecule has 0 aliphatic heterocycles. The zero-order valence-corrected chi connectivity index (χ0v) is 12.7. The van der Waals surface area contributed by atoms with Gasteiger partial charge in [0.2, 0.25) is 0 Å². The Hall–Kier alpha value is -1.58. The fourth-order valence-electron chi connectivity index (χ4n) is 1.92. The maximum Gasteiger partial charge on any atom is 0.121 e. The summed E-state index contributed by atoms with van der Waals surface area (Å²) in [5.41, 5.74) is 1.49. The number of hydrogen-bond acceptors (Lipinski definition) is 3. The Bertz CT molecular complexity index is 617. The highest BCUT2D eigenvalue weighted by molar-refractivity contribution is 6.36. The van der Waals surface area contributed by atoms with Crippen molar-refractivity contribution in [1.29, 1.82) is 0 Å². The lowest BCUT2D eigenvalue weighted by Gasteiger charge is -2.18. The smallest absolute Gasteiger partial charge is 0.121 e. The molecule has 2 N–H and O–H groups in total. The van der Waals surface area contributed by atoms with Crippen LogP contribution in [0, 0.1) is 0 Å². The van der Waals surface area contributed by atoms with Gasteiger partial charge in [0.05, 0.1) is 23.9 Å². The molecule has 2 aromatic carbocycles. The predicted molar refractivity (Wildman–Crippen MR) is 83.2 cm³/mol. The Balaban J connectivity index is 2.25. The van der Waals surface area contributed by atoms with Crippen molar-refractivity contribution in [2.45, 2.75) is 13.0 Å². The molecule has 0 fully saturated rings. The SMILES string of the molecule is COc1ccc(O)c(C(C)Nc2ccc(Cl)cc2Cl)c1. The number of benzene rings is 2. The van der Waals surface area contributed by atoms with Crippen molar-refractivity contribution in [2.24, 2.45) is 0 Å². The third-order valence-electron chi connectivity index (χ3n) is 3.00. The van der Waals surface area contributed by atoms with Gasteiger partial charge in [0, 0.05) is 10.6 Å². The molecular formula is C15H15Cl2NO2. The van der Waals surface area contributed by atoms with E-state index in [4.69, 9.17) is 27.9 Å². The first-order valence-corrected chi connectivity index (χ1v) is 6.85. The first kappa shape index (κ1) is 14.8. The molecule has 3 nitrogen and oxygen atoms in total. The van der Waals surface area contributed by atoms with E-state index in [9.17, 15) is 5.11 Å². The highest BCUT2D eigenvalue weighted by Gasteiger charge is 2.13. The van der Waals surface area contributed by atoms with Crippen molar-refractivity contribution in [1.82, 2.24) is 0 Å². The molecular weight excluding hydrogens is 297 g/mol. The molecule has 2 aromatic rings. The van der Waals surface area contributed by atoms with Crippen LogP contribution in [0.1, 0.15) is 18.5 Å². The molecule has 0 amide bonds. The zero-order chi connectivity index (χ0) is 14.7. The van der Waals surface area contributed by atoms with Crippen LogP contribution >= 0.6 is 23.2 Å². The first-order chi connectivity index (χ1) is 9.51. The molecule has 106 valence electrons. The number of hydrogen-bond donors (Lipinski definition) is 2. The molecule has 1 unspecified atom stereocenters. The van der Waals surface area contributed by atoms with Gasteiger partial charge in [-0.1, -0.05) is 23.2 Å². The summed E-state index contributed by atoms with van der Waals surface area (Å²) in [5.74, 6) is 0.893. The Morgan fingerprint density at radius 2 is 1.90 bits per heavy atom. The normalized spacial score (nSPS) is 12.0. The van der Waals surface area contributed by atoms with Gasteiger partial charge in [-0.25, -0.2) is 0 Å². The number of nitrogens with one attached hydrogen (secondary N) is 1. The van der Waals surface area contributed by atoms with E-state index in [1.54, 1.807) is 43.5 Å². The number of phenolic OH excluding ortho intramolecular Hbond substituents is 1. The monoisotopic (exact) mass is 311 g/mol. The maximum absolute atomic E-state index is 9.94.